The molecule has 2 heterocycles. The lowest BCUT2D eigenvalue weighted by molar-refractivity contribution is 0.559. The molecular weight excluding hydrogens is 274 g/mol. The van der Waals surface area contributed by atoms with Crippen LogP contribution >= 0.6 is 11.8 Å². The Morgan fingerprint density at radius 1 is 1.35 bits per heavy atom. The number of benzene rings is 1. The van der Waals surface area contributed by atoms with Gasteiger partial charge in [0, 0.05) is 24.3 Å². The van der Waals surface area contributed by atoms with Crippen molar-refractivity contribution in [3.05, 3.63) is 52.1 Å². The monoisotopic (exact) mass is 287 g/mol. The van der Waals surface area contributed by atoms with Gasteiger partial charge in [-0.05, 0) is 24.1 Å². The summed E-state index contributed by atoms with van der Waals surface area (Å²) in [5, 5.41) is 9.64. The van der Waals surface area contributed by atoms with Gasteiger partial charge in [0.15, 0.2) is 5.16 Å². The highest BCUT2D eigenvalue weighted by Gasteiger charge is 2.08. The van der Waals surface area contributed by atoms with Gasteiger partial charge in [0.2, 0.25) is 0 Å². The number of aryl methyl sites for hydroxylation is 2. The second kappa shape index (κ2) is 5.13. The van der Waals surface area contributed by atoms with Gasteiger partial charge in [-0.3, -0.25) is 0 Å². The molecule has 102 valence electrons. The van der Waals surface area contributed by atoms with Crippen LogP contribution in [0.25, 0.3) is 11.0 Å². The van der Waals surface area contributed by atoms with Crippen LogP contribution in [0.5, 0.6) is 0 Å². The van der Waals surface area contributed by atoms with Crippen molar-refractivity contribution in [1.82, 2.24) is 14.8 Å². The standard InChI is InChI=1S/C14H13N3O2S/c1-9-3-4-11-10(6-13(18)19-12(11)5-9)7-20-14-16-15-8-17(14)2/h3-6,8H,7H2,1-2H3. The molecule has 0 N–H and O–H groups in total. The molecular formula is C14H13N3O2S. The van der Waals surface area contributed by atoms with Crippen molar-refractivity contribution in [3.8, 4) is 0 Å². The van der Waals surface area contributed by atoms with Gasteiger partial charge in [-0.25, -0.2) is 4.79 Å². The summed E-state index contributed by atoms with van der Waals surface area (Å²) in [6.07, 6.45) is 1.66. The second-order valence-corrected chi connectivity index (χ2v) is 5.55. The molecule has 0 radical (unpaired) electrons. The van der Waals surface area contributed by atoms with E-state index in [1.165, 1.54) is 0 Å². The van der Waals surface area contributed by atoms with Crippen molar-refractivity contribution in [2.45, 2.75) is 17.8 Å². The van der Waals surface area contributed by atoms with Gasteiger partial charge in [-0.1, -0.05) is 23.9 Å². The van der Waals surface area contributed by atoms with Crippen LogP contribution in [0, 0.1) is 6.92 Å². The van der Waals surface area contributed by atoms with Crippen molar-refractivity contribution in [3.63, 3.8) is 0 Å². The van der Waals surface area contributed by atoms with Gasteiger partial charge in [0.1, 0.15) is 11.9 Å². The number of hydrogen-bond acceptors (Lipinski definition) is 5. The van der Waals surface area contributed by atoms with Crippen LogP contribution in [-0.4, -0.2) is 14.8 Å². The first-order valence-corrected chi connectivity index (χ1v) is 7.12. The highest BCUT2D eigenvalue weighted by molar-refractivity contribution is 7.98. The summed E-state index contributed by atoms with van der Waals surface area (Å²) < 4.78 is 7.10. The van der Waals surface area contributed by atoms with Gasteiger partial charge in [0.25, 0.3) is 0 Å². The van der Waals surface area contributed by atoms with Gasteiger partial charge in [-0.15, -0.1) is 10.2 Å². The minimum absolute atomic E-state index is 0.323. The molecule has 0 saturated carbocycles. The van der Waals surface area contributed by atoms with E-state index < -0.39 is 0 Å². The van der Waals surface area contributed by atoms with E-state index in [1.807, 2.05) is 36.7 Å². The van der Waals surface area contributed by atoms with E-state index in [-0.39, 0.29) is 5.63 Å². The molecule has 0 aliphatic heterocycles. The highest BCUT2D eigenvalue weighted by Crippen LogP contribution is 2.25. The lowest BCUT2D eigenvalue weighted by Crippen LogP contribution is -2.00. The molecule has 3 aromatic rings. The molecule has 0 aliphatic carbocycles. The topological polar surface area (TPSA) is 60.9 Å². The number of rotatable bonds is 3. The summed E-state index contributed by atoms with van der Waals surface area (Å²) >= 11 is 1.54. The lowest BCUT2D eigenvalue weighted by atomic mass is 10.1. The van der Waals surface area contributed by atoms with E-state index >= 15 is 0 Å². The maximum Gasteiger partial charge on any atom is 0.336 e. The zero-order valence-corrected chi connectivity index (χ0v) is 12.0. The molecule has 0 unspecified atom stereocenters. The Hall–Kier alpha value is -2.08. The van der Waals surface area contributed by atoms with Gasteiger partial charge < -0.3 is 8.98 Å². The van der Waals surface area contributed by atoms with E-state index in [1.54, 1.807) is 24.2 Å². The first-order chi connectivity index (χ1) is 9.63. The largest absolute Gasteiger partial charge is 0.423 e. The average molecular weight is 287 g/mol. The van der Waals surface area contributed by atoms with Gasteiger partial charge in [0.05, 0.1) is 0 Å². The molecule has 0 amide bonds. The van der Waals surface area contributed by atoms with Crippen LogP contribution in [0.4, 0.5) is 0 Å². The average Bonchev–Trinajstić information content (AvgIpc) is 2.80. The van der Waals surface area contributed by atoms with Crippen molar-refractivity contribution in [2.24, 2.45) is 7.05 Å². The van der Waals surface area contributed by atoms with E-state index in [9.17, 15) is 4.79 Å². The first kappa shape index (κ1) is 12.9. The number of hydrogen-bond donors (Lipinski definition) is 0. The van der Waals surface area contributed by atoms with E-state index in [2.05, 4.69) is 10.2 Å². The number of aromatic nitrogens is 3. The Morgan fingerprint density at radius 2 is 2.20 bits per heavy atom. The minimum atomic E-state index is -0.323. The third-order valence-electron chi connectivity index (χ3n) is 3.01. The molecule has 0 atom stereocenters. The molecule has 6 heteroatoms. The maximum absolute atomic E-state index is 11.6. The quantitative estimate of drug-likeness (QED) is 0.547. The lowest BCUT2D eigenvalue weighted by Gasteiger charge is -2.05. The predicted octanol–water partition coefficient (Wildman–Crippen LogP) is 2.52. The van der Waals surface area contributed by atoms with E-state index in [0.29, 0.717) is 11.3 Å². The summed E-state index contributed by atoms with van der Waals surface area (Å²) in [6, 6.07) is 7.42. The number of fused-ring (bicyclic) bond motifs is 1. The fourth-order valence-corrected chi connectivity index (χ4v) is 2.88. The smallest absolute Gasteiger partial charge is 0.336 e. The summed E-state index contributed by atoms with van der Waals surface area (Å²) in [4.78, 5) is 11.6. The molecule has 3 rings (SSSR count). The molecule has 0 fully saturated rings. The molecule has 5 nitrogen and oxygen atoms in total. The third kappa shape index (κ3) is 2.46. The van der Waals surface area contributed by atoms with Crippen LogP contribution in [0.1, 0.15) is 11.1 Å². The van der Waals surface area contributed by atoms with Gasteiger partial charge >= 0.3 is 5.63 Å². The Bertz CT molecular complexity index is 823. The second-order valence-electron chi connectivity index (χ2n) is 4.60. The Labute approximate surface area is 119 Å². The highest BCUT2D eigenvalue weighted by atomic mass is 32.2. The minimum Gasteiger partial charge on any atom is -0.423 e. The zero-order valence-electron chi connectivity index (χ0n) is 11.2. The maximum atomic E-state index is 11.6. The van der Waals surface area contributed by atoms with E-state index in [0.717, 1.165) is 21.7 Å². The predicted molar refractivity (Wildman–Crippen MR) is 77.8 cm³/mol. The van der Waals surface area contributed by atoms with Gasteiger partial charge in [-0.2, -0.15) is 0 Å². The van der Waals surface area contributed by atoms with Crippen molar-refractivity contribution >= 4 is 22.7 Å². The first-order valence-electron chi connectivity index (χ1n) is 6.13. The van der Waals surface area contributed by atoms with Crippen LogP contribution in [-0.2, 0) is 12.8 Å². The summed E-state index contributed by atoms with van der Waals surface area (Å²) in [7, 11) is 1.89. The molecule has 1 aromatic carbocycles. The zero-order chi connectivity index (χ0) is 14.1. The Morgan fingerprint density at radius 3 is 2.95 bits per heavy atom. The van der Waals surface area contributed by atoms with E-state index in [4.69, 9.17) is 4.42 Å². The Balaban J connectivity index is 1.98. The van der Waals surface area contributed by atoms with Crippen molar-refractivity contribution in [1.29, 1.82) is 0 Å². The molecule has 0 bridgehead atoms. The molecule has 0 saturated heterocycles. The Kier molecular flexibility index (Phi) is 3.31. The summed E-state index contributed by atoms with van der Waals surface area (Å²) in [5.74, 6) is 0.650. The molecule has 0 spiro atoms. The normalized spacial score (nSPS) is 11.1. The third-order valence-corrected chi connectivity index (χ3v) is 4.10. The van der Waals surface area contributed by atoms with Crippen LogP contribution in [0.15, 0.2) is 45.0 Å². The fourth-order valence-electron chi connectivity index (χ4n) is 2.00. The summed E-state index contributed by atoms with van der Waals surface area (Å²) in [6.45, 7) is 1.97. The molecule has 0 aliphatic rings. The van der Waals surface area contributed by atoms with Crippen LogP contribution in [0.2, 0.25) is 0 Å². The van der Waals surface area contributed by atoms with Crippen LogP contribution in [0.3, 0.4) is 0 Å². The number of thioether (sulfide) groups is 1. The fraction of sp³-hybridized carbons (Fsp3) is 0.214. The SMILES string of the molecule is Cc1ccc2c(CSc3nncn3C)cc(=O)oc2c1. The van der Waals surface area contributed by atoms with Crippen molar-refractivity contribution in [2.75, 3.05) is 0 Å². The number of nitrogens with zero attached hydrogens (tertiary/aromatic N) is 3. The van der Waals surface area contributed by atoms with Crippen LogP contribution < -0.4 is 5.63 Å². The molecule has 2 aromatic heterocycles. The van der Waals surface area contributed by atoms with Crippen molar-refractivity contribution < 1.29 is 4.42 Å². The molecule has 20 heavy (non-hydrogen) atoms. The summed E-state index contributed by atoms with van der Waals surface area (Å²) in [5.41, 5.74) is 2.32.